The monoisotopic (exact) mass is 500 g/mol. The molecule has 0 saturated heterocycles. The summed E-state index contributed by atoms with van der Waals surface area (Å²) in [6, 6.07) is 7.98. The van der Waals surface area contributed by atoms with E-state index in [1.807, 2.05) is 0 Å². The Hall–Kier alpha value is -2.65. The summed E-state index contributed by atoms with van der Waals surface area (Å²) in [4.78, 5) is 20.4. The van der Waals surface area contributed by atoms with Crippen LogP contribution in [-0.2, 0) is 0 Å². The lowest BCUT2D eigenvalue weighted by Crippen LogP contribution is -2.40. The molecule has 0 aliphatic heterocycles. The molecule has 0 bridgehead atoms. The summed E-state index contributed by atoms with van der Waals surface area (Å²) in [5.74, 6) is -1.05. The fraction of sp³-hybridized carbons (Fsp3) is 0.364. The molecule has 1 fully saturated rings. The Kier molecular flexibility index (Phi) is 6.63. The van der Waals surface area contributed by atoms with Crippen molar-refractivity contribution < 1.29 is 22.7 Å². The maximum absolute atomic E-state index is 12.9. The van der Waals surface area contributed by atoms with E-state index in [0.717, 1.165) is 0 Å². The molecule has 6 nitrogen and oxygen atoms in total. The number of nitrogens with zero attached hydrogens (tertiary/aromatic N) is 1. The van der Waals surface area contributed by atoms with Gasteiger partial charge in [-0.1, -0.05) is 29.3 Å². The second-order valence-corrected chi connectivity index (χ2v) is 8.75. The van der Waals surface area contributed by atoms with Crippen LogP contribution in [0, 0.1) is 5.92 Å². The van der Waals surface area contributed by atoms with Gasteiger partial charge in [-0.3, -0.25) is 4.79 Å². The first kappa shape index (κ1) is 23.5. The number of fused-ring (bicyclic) bond motifs is 1. The zero-order valence-electron chi connectivity index (χ0n) is 17.5. The predicted octanol–water partition coefficient (Wildman–Crippen LogP) is 6.47. The van der Waals surface area contributed by atoms with Gasteiger partial charge in [-0.05, 0) is 43.9 Å². The van der Waals surface area contributed by atoms with Crippen LogP contribution in [0.15, 0.2) is 30.3 Å². The number of aromatic amines is 1. The van der Waals surface area contributed by atoms with E-state index in [1.165, 1.54) is 7.11 Å². The number of imidazole rings is 1. The lowest BCUT2D eigenvalue weighted by Gasteiger charge is -2.30. The molecule has 1 aliphatic rings. The summed E-state index contributed by atoms with van der Waals surface area (Å²) in [6.07, 6.45) is -3.63. The van der Waals surface area contributed by atoms with Crippen molar-refractivity contribution in [1.29, 1.82) is 0 Å². The number of hydrogen-bond donors (Lipinski definition) is 3. The van der Waals surface area contributed by atoms with Gasteiger partial charge < -0.3 is 20.4 Å². The molecule has 0 atom stereocenters. The smallest absolute Gasteiger partial charge is 0.391 e. The highest BCUT2D eigenvalue weighted by atomic mass is 35.5. The first-order valence-electron chi connectivity index (χ1n) is 10.3. The molecule has 176 valence electrons. The molecule has 0 radical (unpaired) electrons. The van der Waals surface area contributed by atoms with Gasteiger partial charge in [0.2, 0.25) is 5.95 Å². The largest absolute Gasteiger partial charge is 0.496 e. The Bertz CT molecular complexity index is 1150. The number of hydrogen-bond acceptors (Lipinski definition) is 4. The zero-order valence-corrected chi connectivity index (χ0v) is 19.0. The van der Waals surface area contributed by atoms with Crippen molar-refractivity contribution in [1.82, 2.24) is 15.3 Å². The summed E-state index contributed by atoms with van der Waals surface area (Å²) in [6.45, 7) is 0. The Morgan fingerprint density at radius 1 is 1.15 bits per heavy atom. The summed E-state index contributed by atoms with van der Waals surface area (Å²) in [5, 5.41) is 6.71. The van der Waals surface area contributed by atoms with Crippen molar-refractivity contribution in [3.8, 4) is 5.75 Å². The maximum Gasteiger partial charge on any atom is 0.391 e. The topological polar surface area (TPSA) is 79.0 Å². The van der Waals surface area contributed by atoms with E-state index in [2.05, 4.69) is 20.6 Å². The SMILES string of the molecule is COc1cc2nc(Nc3c(Cl)cccc3Cl)[nH]c2cc1C(=O)NC1CCC(C(F)(F)F)CC1. The Labute approximate surface area is 197 Å². The standard InChI is InChI=1S/C22H21Cl2F3N4O2/c1-33-18-10-17-16(29-21(30-17)31-19-14(23)3-2-4-15(19)24)9-13(18)20(32)28-12-7-5-11(6-8-12)22(25,26)27/h2-4,9-12H,5-8H2,1H3,(H,28,32)(H2,29,30,31). The van der Waals surface area contributed by atoms with E-state index < -0.39 is 18.0 Å². The lowest BCUT2D eigenvalue weighted by molar-refractivity contribution is -0.182. The number of para-hydroxylation sites is 1. The molecular weight excluding hydrogens is 480 g/mol. The van der Waals surface area contributed by atoms with Crippen molar-refractivity contribution in [2.24, 2.45) is 5.92 Å². The van der Waals surface area contributed by atoms with Crippen LogP contribution in [-0.4, -0.2) is 35.2 Å². The van der Waals surface area contributed by atoms with Crippen LogP contribution in [0.5, 0.6) is 5.75 Å². The molecule has 33 heavy (non-hydrogen) atoms. The van der Waals surface area contributed by atoms with Crippen molar-refractivity contribution in [2.45, 2.75) is 37.9 Å². The van der Waals surface area contributed by atoms with Gasteiger partial charge in [-0.15, -0.1) is 0 Å². The van der Waals surface area contributed by atoms with Gasteiger partial charge >= 0.3 is 6.18 Å². The number of methoxy groups -OCH3 is 1. The number of ether oxygens (including phenoxy) is 1. The number of benzene rings is 2. The van der Waals surface area contributed by atoms with Gasteiger partial charge in [0.1, 0.15) is 5.75 Å². The second-order valence-electron chi connectivity index (χ2n) is 7.94. The molecule has 0 spiro atoms. The van der Waals surface area contributed by atoms with Gasteiger partial charge in [0, 0.05) is 12.1 Å². The number of nitrogens with one attached hydrogen (secondary N) is 3. The summed E-state index contributed by atoms with van der Waals surface area (Å²) in [5.41, 5.74) is 1.85. The number of carbonyl (C=O) groups is 1. The van der Waals surface area contributed by atoms with Crippen molar-refractivity contribution >= 4 is 51.8 Å². The molecular formula is C22H21Cl2F3N4O2. The van der Waals surface area contributed by atoms with E-state index in [9.17, 15) is 18.0 Å². The van der Waals surface area contributed by atoms with Gasteiger partial charge in [-0.2, -0.15) is 13.2 Å². The average molecular weight is 501 g/mol. The summed E-state index contributed by atoms with van der Waals surface area (Å²) >= 11 is 12.4. The van der Waals surface area contributed by atoms with Crippen LogP contribution >= 0.6 is 23.2 Å². The van der Waals surface area contributed by atoms with Crippen LogP contribution in [0.25, 0.3) is 11.0 Å². The third-order valence-corrected chi connectivity index (χ3v) is 6.41. The van der Waals surface area contributed by atoms with Crippen LogP contribution in [0.2, 0.25) is 10.0 Å². The first-order chi connectivity index (χ1) is 15.7. The quantitative estimate of drug-likeness (QED) is 0.374. The van der Waals surface area contributed by atoms with E-state index >= 15 is 0 Å². The van der Waals surface area contributed by atoms with Gasteiger partial charge in [0.25, 0.3) is 5.91 Å². The molecule has 4 rings (SSSR count). The van der Waals surface area contributed by atoms with Gasteiger partial charge in [0.15, 0.2) is 0 Å². The van der Waals surface area contributed by atoms with Crippen LogP contribution in [0.1, 0.15) is 36.0 Å². The molecule has 1 aromatic heterocycles. The number of rotatable bonds is 5. The number of H-pyrrole nitrogens is 1. The van der Waals surface area contributed by atoms with Crippen LogP contribution < -0.4 is 15.4 Å². The van der Waals surface area contributed by atoms with Crippen molar-refractivity contribution in [3.05, 3.63) is 45.9 Å². The normalized spacial score (nSPS) is 18.8. The number of amides is 1. The minimum absolute atomic E-state index is 0.00476. The number of carbonyl (C=O) groups excluding carboxylic acids is 1. The maximum atomic E-state index is 12.9. The molecule has 1 heterocycles. The van der Waals surface area contributed by atoms with E-state index in [0.29, 0.717) is 38.5 Å². The number of aromatic nitrogens is 2. The Morgan fingerprint density at radius 2 is 1.82 bits per heavy atom. The average Bonchev–Trinajstić information content (AvgIpc) is 3.16. The predicted molar refractivity (Wildman–Crippen MR) is 122 cm³/mol. The van der Waals surface area contributed by atoms with Crippen LogP contribution in [0.3, 0.4) is 0 Å². The third-order valence-electron chi connectivity index (χ3n) is 5.78. The highest BCUT2D eigenvalue weighted by Gasteiger charge is 2.41. The van der Waals surface area contributed by atoms with E-state index in [4.69, 9.17) is 27.9 Å². The molecule has 3 N–H and O–H groups in total. The molecule has 3 aromatic rings. The fourth-order valence-corrected chi connectivity index (χ4v) is 4.50. The summed E-state index contributed by atoms with van der Waals surface area (Å²) < 4.78 is 44.0. The molecule has 2 aromatic carbocycles. The second kappa shape index (κ2) is 9.30. The van der Waals surface area contributed by atoms with Gasteiger partial charge in [-0.25, -0.2) is 4.98 Å². The summed E-state index contributed by atoms with van der Waals surface area (Å²) in [7, 11) is 1.43. The highest BCUT2D eigenvalue weighted by Crippen LogP contribution is 2.38. The number of halogens is 5. The molecule has 11 heteroatoms. The van der Waals surface area contributed by atoms with Gasteiger partial charge in [0.05, 0.1) is 45.4 Å². The number of alkyl halides is 3. The molecule has 1 amide bonds. The zero-order chi connectivity index (χ0) is 23.8. The van der Waals surface area contributed by atoms with Crippen LogP contribution in [0.4, 0.5) is 24.8 Å². The number of anilines is 2. The molecule has 1 aliphatic carbocycles. The van der Waals surface area contributed by atoms with E-state index in [-0.39, 0.29) is 37.3 Å². The lowest BCUT2D eigenvalue weighted by atomic mass is 9.85. The third kappa shape index (κ3) is 5.14. The minimum atomic E-state index is -4.19. The highest BCUT2D eigenvalue weighted by molar-refractivity contribution is 6.39. The minimum Gasteiger partial charge on any atom is -0.496 e. The fourth-order valence-electron chi connectivity index (χ4n) is 4.01. The van der Waals surface area contributed by atoms with Crippen molar-refractivity contribution in [3.63, 3.8) is 0 Å². The van der Waals surface area contributed by atoms with Crippen molar-refractivity contribution in [2.75, 3.05) is 12.4 Å². The Morgan fingerprint density at radius 3 is 2.42 bits per heavy atom. The first-order valence-corrected chi connectivity index (χ1v) is 11.1. The molecule has 1 saturated carbocycles. The molecule has 0 unspecified atom stereocenters. The Balaban J connectivity index is 1.52. The van der Waals surface area contributed by atoms with E-state index in [1.54, 1.807) is 30.3 Å².